The summed E-state index contributed by atoms with van der Waals surface area (Å²) in [5.41, 5.74) is 6.16. The van der Waals surface area contributed by atoms with Crippen molar-refractivity contribution >= 4 is 11.7 Å². The number of amides is 2. The Bertz CT molecular complexity index is 1590. The first-order valence-electron chi connectivity index (χ1n) is 12.2. The molecule has 1 N–H and O–H groups in total. The molecule has 1 aliphatic rings. The lowest BCUT2D eigenvalue weighted by Crippen LogP contribution is -2.38. The summed E-state index contributed by atoms with van der Waals surface area (Å²) in [5.74, 6) is 0.574. The van der Waals surface area contributed by atoms with E-state index in [1.165, 1.54) is 12.1 Å². The lowest BCUT2D eigenvalue weighted by molar-refractivity contribution is 0.194. The molecule has 0 saturated carbocycles. The van der Waals surface area contributed by atoms with Crippen LogP contribution in [0.15, 0.2) is 97.2 Å². The number of carbonyl (C=O) groups is 1. The minimum atomic E-state index is -0.448. The second-order valence-electron chi connectivity index (χ2n) is 9.27. The van der Waals surface area contributed by atoms with Crippen molar-refractivity contribution in [2.75, 3.05) is 5.32 Å². The molecule has 6 rings (SSSR count). The molecule has 0 aliphatic carbocycles. The number of nitrogens with one attached hydrogen (secondary N) is 1. The number of hydrogen-bond acceptors (Lipinski definition) is 2. The van der Waals surface area contributed by atoms with Crippen LogP contribution in [0, 0.1) is 19.7 Å². The molecule has 1 aliphatic heterocycles. The molecule has 2 amide bonds. The van der Waals surface area contributed by atoms with Crippen LogP contribution < -0.4 is 5.32 Å². The first kappa shape index (κ1) is 22.8. The van der Waals surface area contributed by atoms with Crippen LogP contribution in [0.2, 0.25) is 0 Å². The van der Waals surface area contributed by atoms with Crippen molar-refractivity contribution in [2.24, 2.45) is 0 Å². The van der Waals surface area contributed by atoms with Gasteiger partial charge >= 0.3 is 6.03 Å². The van der Waals surface area contributed by atoms with Crippen LogP contribution in [0.4, 0.5) is 14.9 Å². The number of urea groups is 1. The van der Waals surface area contributed by atoms with Crippen LogP contribution in [0.25, 0.3) is 11.5 Å². The molecule has 2 aromatic heterocycles. The van der Waals surface area contributed by atoms with Crippen molar-refractivity contribution in [1.82, 2.24) is 19.2 Å². The van der Waals surface area contributed by atoms with Crippen molar-refractivity contribution < 1.29 is 9.18 Å². The summed E-state index contributed by atoms with van der Waals surface area (Å²) in [6.07, 6.45) is 1.99. The van der Waals surface area contributed by atoms with Gasteiger partial charge in [-0.2, -0.15) is 5.10 Å². The third-order valence-electron chi connectivity index (χ3n) is 6.92. The number of anilines is 1. The topological polar surface area (TPSA) is 55.1 Å². The Hall–Kier alpha value is -4.65. The highest BCUT2D eigenvalue weighted by Crippen LogP contribution is 2.38. The van der Waals surface area contributed by atoms with Gasteiger partial charge in [-0.15, -0.1) is 0 Å². The van der Waals surface area contributed by atoms with E-state index in [0.717, 1.165) is 45.3 Å². The van der Waals surface area contributed by atoms with E-state index in [9.17, 15) is 9.18 Å². The second-order valence-corrected chi connectivity index (χ2v) is 9.27. The highest BCUT2D eigenvalue weighted by atomic mass is 19.1. The molecular weight excluding hydrogens is 465 g/mol. The van der Waals surface area contributed by atoms with E-state index in [-0.39, 0.29) is 11.8 Å². The summed E-state index contributed by atoms with van der Waals surface area (Å²) in [4.78, 5) is 15.8. The van der Waals surface area contributed by atoms with E-state index >= 15 is 0 Å². The van der Waals surface area contributed by atoms with Gasteiger partial charge in [-0.05, 0) is 67.4 Å². The molecule has 37 heavy (non-hydrogen) atoms. The quantitative estimate of drug-likeness (QED) is 0.311. The molecule has 0 saturated heterocycles. The highest BCUT2D eigenvalue weighted by molar-refractivity contribution is 5.91. The summed E-state index contributed by atoms with van der Waals surface area (Å²) < 4.78 is 17.9. The van der Waals surface area contributed by atoms with E-state index in [2.05, 4.69) is 9.88 Å². The average Bonchev–Trinajstić information content (AvgIpc) is 3.47. The van der Waals surface area contributed by atoms with Crippen LogP contribution in [-0.4, -0.2) is 25.3 Å². The zero-order chi connectivity index (χ0) is 25.5. The van der Waals surface area contributed by atoms with Crippen LogP contribution >= 0.6 is 0 Å². The normalized spacial score (nSPS) is 14.6. The van der Waals surface area contributed by atoms with Gasteiger partial charge in [0.2, 0.25) is 0 Å². The molecule has 0 fully saturated rings. The zero-order valence-corrected chi connectivity index (χ0v) is 20.6. The monoisotopic (exact) mass is 491 g/mol. The molecule has 0 unspecified atom stereocenters. The van der Waals surface area contributed by atoms with Crippen molar-refractivity contribution in [1.29, 1.82) is 0 Å². The van der Waals surface area contributed by atoms with Crippen molar-refractivity contribution in [3.8, 4) is 11.5 Å². The van der Waals surface area contributed by atoms with Crippen molar-refractivity contribution in [3.63, 3.8) is 0 Å². The van der Waals surface area contributed by atoms with Crippen LogP contribution in [0.3, 0.4) is 0 Å². The molecule has 7 heteroatoms. The Morgan fingerprint density at radius 1 is 0.919 bits per heavy atom. The minimum Gasteiger partial charge on any atom is -0.308 e. The molecule has 3 heterocycles. The Kier molecular flexibility index (Phi) is 5.60. The second kappa shape index (κ2) is 9.09. The SMILES string of the molecule is Cc1ccccc1NC(=O)N1Cc2c(C)nn(-c3ccccc3)c2-n2cccc2[C@@H]1c1ccc(F)cc1. The van der Waals surface area contributed by atoms with Gasteiger partial charge in [-0.3, -0.25) is 0 Å². The number of aryl methyl sites for hydroxylation is 2. The summed E-state index contributed by atoms with van der Waals surface area (Å²) >= 11 is 0. The van der Waals surface area contributed by atoms with Crippen LogP contribution in [0.1, 0.15) is 34.1 Å². The first-order chi connectivity index (χ1) is 18.0. The summed E-state index contributed by atoms with van der Waals surface area (Å²) in [6.45, 7) is 4.26. The van der Waals surface area contributed by atoms with E-state index < -0.39 is 6.04 Å². The first-order valence-corrected chi connectivity index (χ1v) is 12.2. The van der Waals surface area contributed by atoms with Gasteiger partial charge in [-0.1, -0.05) is 48.5 Å². The number of fused-ring (bicyclic) bond motifs is 3. The third-order valence-corrected chi connectivity index (χ3v) is 6.92. The zero-order valence-electron chi connectivity index (χ0n) is 20.6. The Morgan fingerprint density at radius 3 is 2.41 bits per heavy atom. The van der Waals surface area contributed by atoms with E-state index in [0.29, 0.717) is 6.54 Å². The Balaban J connectivity index is 1.54. The predicted molar refractivity (Wildman–Crippen MR) is 142 cm³/mol. The number of benzene rings is 3. The van der Waals surface area contributed by atoms with Gasteiger partial charge < -0.3 is 14.8 Å². The van der Waals surface area contributed by atoms with E-state index in [1.54, 1.807) is 17.0 Å². The number of halogens is 1. The van der Waals surface area contributed by atoms with Gasteiger partial charge in [0, 0.05) is 17.4 Å². The largest absolute Gasteiger partial charge is 0.322 e. The van der Waals surface area contributed by atoms with Crippen molar-refractivity contribution in [2.45, 2.75) is 26.4 Å². The predicted octanol–water partition coefficient (Wildman–Crippen LogP) is 6.56. The number of aromatic nitrogens is 3. The number of carbonyl (C=O) groups excluding carboxylic acids is 1. The summed E-state index contributed by atoms with van der Waals surface area (Å²) in [6, 6.07) is 27.3. The minimum absolute atomic E-state index is 0.240. The smallest absolute Gasteiger partial charge is 0.308 e. The number of nitrogens with zero attached hydrogens (tertiary/aromatic N) is 4. The summed E-state index contributed by atoms with van der Waals surface area (Å²) in [7, 11) is 0. The number of hydrogen-bond donors (Lipinski definition) is 1. The lowest BCUT2D eigenvalue weighted by atomic mass is 10.0. The fraction of sp³-hybridized carbons (Fsp3) is 0.133. The molecule has 1 atom stereocenters. The molecule has 184 valence electrons. The van der Waals surface area contributed by atoms with Crippen LogP contribution in [0.5, 0.6) is 0 Å². The fourth-order valence-electron chi connectivity index (χ4n) is 5.05. The molecule has 5 aromatic rings. The molecule has 3 aromatic carbocycles. The molecule has 0 bridgehead atoms. The van der Waals surface area contributed by atoms with Gasteiger partial charge in [0.15, 0.2) is 0 Å². The Morgan fingerprint density at radius 2 is 1.65 bits per heavy atom. The third kappa shape index (κ3) is 3.98. The molecule has 6 nitrogen and oxygen atoms in total. The Labute approximate surface area is 214 Å². The number of rotatable bonds is 3. The highest BCUT2D eigenvalue weighted by Gasteiger charge is 2.36. The number of para-hydroxylation sites is 2. The van der Waals surface area contributed by atoms with E-state index in [1.807, 2.05) is 91.5 Å². The maximum atomic E-state index is 14.0. The standard InChI is InChI=1S/C30H26FN5O/c1-20-9-6-7-12-26(20)32-30(37)35-19-25-21(2)33-36(24-10-4-3-5-11-24)29(25)34-18-8-13-27(34)28(35)22-14-16-23(31)17-15-22/h3-18,28H,19H2,1-2H3,(H,32,37)/t28-/m0/s1. The van der Waals surface area contributed by atoms with Gasteiger partial charge in [0.25, 0.3) is 0 Å². The van der Waals surface area contributed by atoms with Crippen molar-refractivity contribution in [3.05, 3.63) is 131 Å². The van der Waals surface area contributed by atoms with Gasteiger partial charge in [0.05, 0.1) is 29.7 Å². The van der Waals surface area contributed by atoms with Crippen LogP contribution in [-0.2, 0) is 6.54 Å². The molecule has 0 spiro atoms. The molecule has 0 radical (unpaired) electrons. The summed E-state index contributed by atoms with van der Waals surface area (Å²) in [5, 5.41) is 7.98. The van der Waals surface area contributed by atoms with Gasteiger partial charge in [-0.25, -0.2) is 13.9 Å². The fourth-order valence-corrected chi connectivity index (χ4v) is 5.05. The average molecular weight is 492 g/mol. The lowest BCUT2D eigenvalue weighted by Gasteiger charge is -2.31. The van der Waals surface area contributed by atoms with Gasteiger partial charge in [0.1, 0.15) is 11.6 Å². The maximum absolute atomic E-state index is 14.0. The molecular formula is C30H26FN5O. The maximum Gasteiger partial charge on any atom is 0.322 e. The van der Waals surface area contributed by atoms with E-state index in [4.69, 9.17) is 5.10 Å².